The van der Waals surface area contributed by atoms with E-state index in [1.54, 1.807) is 24.3 Å². The maximum Gasteiger partial charge on any atom is 0.351 e. The highest BCUT2D eigenvalue weighted by Gasteiger charge is 2.59. The topological polar surface area (TPSA) is 114 Å². The van der Waals surface area contributed by atoms with Gasteiger partial charge >= 0.3 is 11.6 Å². The minimum atomic E-state index is -3.80. The molecule has 0 spiro atoms. The number of aliphatic hydroxyl groups is 2. The molecule has 1 aliphatic rings. The summed E-state index contributed by atoms with van der Waals surface area (Å²) in [5.41, 5.74) is 0.301. The molecule has 0 unspecified atom stereocenters. The van der Waals surface area contributed by atoms with Crippen LogP contribution in [0.15, 0.2) is 41.3 Å². The number of nitrogens with one attached hydrogen (secondary N) is 1. The van der Waals surface area contributed by atoms with Crippen molar-refractivity contribution >= 4 is 11.7 Å². The first-order chi connectivity index (χ1) is 13.3. The molecule has 150 valence electrons. The molecule has 0 bridgehead atoms. The average Bonchev–Trinajstić information content (AvgIpc) is 2.91. The quantitative estimate of drug-likeness (QED) is 0.695. The molecule has 1 aromatic heterocycles. The second-order valence-corrected chi connectivity index (χ2v) is 6.34. The Hall–Kier alpha value is -2.69. The molecule has 2 aromatic rings. The SMILES string of the molecule is CCc1ccc(C(=O)Nc2ccn([C@@H]3O[C@H](CO)[C@@H](O)C3(F)F)c(=O)n2)cc1. The maximum absolute atomic E-state index is 14.2. The van der Waals surface area contributed by atoms with E-state index in [2.05, 4.69) is 10.3 Å². The number of nitrogens with zero attached hydrogens (tertiary/aromatic N) is 2. The Labute approximate surface area is 158 Å². The van der Waals surface area contributed by atoms with Gasteiger partial charge in [0.25, 0.3) is 5.91 Å². The van der Waals surface area contributed by atoms with Crippen LogP contribution < -0.4 is 11.0 Å². The smallest absolute Gasteiger partial charge is 0.351 e. The third-order valence-corrected chi connectivity index (χ3v) is 4.51. The van der Waals surface area contributed by atoms with E-state index >= 15 is 0 Å². The fraction of sp³-hybridized carbons (Fsp3) is 0.389. The number of carbonyl (C=O) groups is 1. The van der Waals surface area contributed by atoms with Crippen LogP contribution in [0, 0.1) is 0 Å². The average molecular weight is 395 g/mol. The number of aliphatic hydroxyl groups excluding tert-OH is 2. The Balaban J connectivity index is 1.79. The van der Waals surface area contributed by atoms with Gasteiger partial charge in [-0.2, -0.15) is 13.8 Å². The van der Waals surface area contributed by atoms with Crippen molar-refractivity contribution in [2.75, 3.05) is 11.9 Å². The normalized spacial score (nSPS) is 23.5. The number of halogens is 2. The maximum atomic E-state index is 14.2. The van der Waals surface area contributed by atoms with Gasteiger partial charge in [-0.3, -0.25) is 9.36 Å². The van der Waals surface area contributed by atoms with E-state index in [0.717, 1.165) is 24.2 Å². The Morgan fingerprint density at radius 2 is 2.00 bits per heavy atom. The van der Waals surface area contributed by atoms with Crippen LogP contribution in [0.4, 0.5) is 14.6 Å². The third kappa shape index (κ3) is 3.66. The van der Waals surface area contributed by atoms with Crippen LogP contribution in [-0.2, 0) is 11.2 Å². The van der Waals surface area contributed by atoms with Gasteiger partial charge in [0.15, 0.2) is 6.10 Å². The molecule has 8 nitrogen and oxygen atoms in total. The van der Waals surface area contributed by atoms with Gasteiger partial charge in [0.05, 0.1) is 6.61 Å². The lowest BCUT2D eigenvalue weighted by atomic mass is 10.1. The lowest BCUT2D eigenvalue weighted by molar-refractivity contribution is -0.140. The molecule has 28 heavy (non-hydrogen) atoms. The molecule has 10 heteroatoms. The van der Waals surface area contributed by atoms with Crippen molar-refractivity contribution in [2.45, 2.75) is 37.7 Å². The van der Waals surface area contributed by atoms with E-state index in [1.807, 2.05) is 6.92 Å². The molecule has 3 rings (SSSR count). The van der Waals surface area contributed by atoms with Gasteiger partial charge in [-0.15, -0.1) is 0 Å². The molecule has 2 heterocycles. The monoisotopic (exact) mass is 395 g/mol. The number of hydrogen-bond acceptors (Lipinski definition) is 6. The van der Waals surface area contributed by atoms with Crippen LogP contribution in [0.5, 0.6) is 0 Å². The van der Waals surface area contributed by atoms with Gasteiger partial charge in [-0.05, 0) is 30.2 Å². The summed E-state index contributed by atoms with van der Waals surface area (Å²) in [6, 6.07) is 8.00. The number of anilines is 1. The lowest BCUT2D eigenvalue weighted by Crippen LogP contribution is -2.41. The molecule has 0 saturated carbocycles. The van der Waals surface area contributed by atoms with E-state index in [1.165, 1.54) is 0 Å². The zero-order chi connectivity index (χ0) is 20.5. The Morgan fingerprint density at radius 1 is 1.32 bits per heavy atom. The summed E-state index contributed by atoms with van der Waals surface area (Å²) in [5.74, 6) is -4.43. The summed E-state index contributed by atoms with van der Waals surface area (Å²) < 4.78 is 33.7. The van der Waals surface area contributed by atoms with E-state index in [0.29, 0.717) is 10.1 Å². The highest BCUT2D eigenvalue weighted by Crippen LogP contribution is 2.41. The summed E-state index contributed by atoms with van der Waals surface area (Å²) in [7, 11) is 0. The molecule has 3 N–H and O–H groups in total. The second kappa shape index (κ2) is 7.74. The van der Waals surface area contributed by atoms with Crippen molar-refractivity contribution in [2.24, 2.45) is 0 Å². The van der Waals surface area contributed by atoms with Crippen molar-refractivity contribution in [3.8, 4) is 0 Å². The summed E-state index contributed by atoms with van der Waals surface area (Å²) in [4.78, 5) is 28.0. The van der Waals surface area contributed by atoms with Crippen molar-refractivity contribution in [3.05, 3.63) is 58.1 Å². The minimum absolute atomic E-state index is 0.119. The number of aromatic nitrogens is 2. The first-order valence-corrected chi connectivity index (χ1v) is 8.59. The van der Waals surface area contributed by atoms with Crippen LogP contribution in [0.2, 0.25) is 0 Å². The van der Waals surface area contributed by atoms with Gasteiger partial charge in [-0.25, -0.2) is 4.79 Å². The number of carbonyl (C=O) groups excluding carboxylic acids is 1. The second-order valence-electron chi connectivity index (χ2n) is 6.34. The van der Waals surface area contributed by atoms with E-state index in [4.69, 9.17) is 9.84 Å². The number of hydrogen-bond donors (Lipinski definition) is 3. The molecule has 0 aliphatic carbocycles. The molecule has 0 radical (unpaired) electrons. The molecule has 1 saturated heterocycles. The van der Waals surface area contributed by atoms with Crippen molar-refractivity contribution in [1.82, 2.24) is 9.55 Å². The molecule has 1 aliphatic heterocycles. The molecule has 1 amide bonds. The van der Waals surface area contributed by atoms with Gasteiger partial charge in [0, 0.05) is 11.8 Å². The largest absolute Gasteiger partial charge is 0.394 e. The number of amides is 1. The number of aryl methyl sites for hydroxylation is 1. The van der Waals surface area contributed by atoms with Gasteiger partial charge in [0.2, 0.25) is 6.23 Å². The summed E-state index contributed by atoms with van der Waals surface area (Å²) in [6.07, 6.45) is -4.11. The highest BCUT2D eigenvalue weighted by atomic mass is 19.3. The zero-order valence-electron chi connectivity index (χ0n) is 14.9. The van der Waals surface area contributed by atoms with Crippen molar-refractivity contribution < 1.29 is 28.5 Å². The zero-order valence-corrected chi connectivity index (χ0v) is 14.9. The van der Waals surface area contributed by atoms with E-state index in [9.17, 15) is 23.5 Å². The number of ether oxygens (including phenoxy) is 1. The Morgan fingerprint density at radius 3 is 2.54 bits per heavy atom. The molecule has 3 atom stereocenters. The molecule has 1 aromatic carbocycles. The summed E-state index contributed by atoms with van der Waals surface area (Å²) in [5, 5.41) is 21.0. The third-order valence-electron chi connectivity index (χ3n) is 4.51. The highest BCUT2D eigenvalue weighted by molar-refractivity contribution is 6.03. The molecular formula is C18H19F2N3O5. The fourth-order valence-corrected chi connectivity index (χ4v) is 2.86. The van der Waals surface area contributed by atoms with Crippen LogP contribution in [0.25, 0.3) is 0 Å². The number of alkyl halides is 2. The Bertz CT molecular complexity index is 916. The van der Waals surface area contributed by atoms with Crippen LogP contribution in [-0.4, -0.2) is 50.4 Å². The fourth-order valence-electron chi connectivity index (χ4n) is 2.86. The van der Waals surface area contributed by atoms with E-state index in [-0.39, 0.29) is 5.82 Å². The summed E-state index contributed by atoms with van der Waals surface area (Å²) >= 11 is 0. The van der Waals surface area contributed by atoms with Gasteiger partial charge < -0.3 is 20.3 Å². The first kappa shape index (κ1) is 20.1. The van der Waals surface area contributed by atoms with Gasteiger partial charge in [0.1, 0.15) is 11.9 Å². The standard InChI is InChI=1S/C18H19F2N3O5/c1-2-10-3-5-11(6-4-10)15(26)21-13-7-8-23(17(27)22-13)16-18(19,20)14(25)12(9-24)28-16/h3-8,12,14,16,24-25H,2,9H2,1H3,(H,21,22,26,27)/t12-,14-,16-/m1/s1. The van der Waals surface area contributed by atoms with Gasteiger partial charge in [-0.1, -0.05) is 19.1 Å². The predicted octanol–water partition coefficient (Wildman–Crippen LogP) is 0.944. The van der Waals surface area contributed by atoms with Crippen LogP contribution in [0.1, 0.15) is 29.1 Å². The molecular weight excluding hydrogens is 376 g/mol. The van der Waals surface area contributed by atoms with Crippen LogP contribution in [0.3, 0.4) is 0 Å². The van der Waals surface area contributed by atoms with Crippen LogP contribution >= 0.6 is 0 Å². The number of rotatable bonds is 5. The Kier molecular flexibility index (Phi) is 5.54. The first-order valence-electron chi connectivity index (χ1n) is 8.59. The van der Waals surface area contributed by atoms with Crippen molar-refractivity contribution in [1.29, 1.82) is 0 Å². The minimum Gasteiger partial charge on any atom is -0.394 e. The summed E-state index contributed by atoms with van der Waals surface area (Å²) in [6.45, 7) is 1.15. The lowest BCUT2D eigenvalue weighted by Gasteiger charge is -2.21. The van der Waals surface area contributed by atoms with E-state index < -0.39 is 42.6 Å². The molecule has 1 fully saturated rings. The van der Waals surface area contributed by atoms with Crippen molar-refractivity contribution in [3.63, 3.8) is 0 Å². The number of benzene rings is 1. The predicted molar refractivity (Wildman–Crippen MR) is 94.2 cm³/mol.